The molecule has 1 unspecified atom stereocenters. The number of amides is 2. The number of fused-ring (bicyclic) bond motifs is 1. The average Bonchev–Trinajstić information content (AvgIpc) is 2.94. The highest BCUT2D eigenvalue weighted by Gasteiger charge is 2.48. The number of aromatic nitrogens is 1. The molecular weight excluding hydrogens is 452 g/mol. The molecule has 32 heavy (non-hydrogen) atoms. The van der Waals surface area contributed by atoms with E-state index in [2.05, 4.69) is 10.3 Å². The number of pyridine rings is 1. The first kappa shape index (κ1) is 23.0. The van der Waals surface area contributed by atoms with E-state index >= 15 is 4.39 Å². The molecule has 2 heterocycles. The number of benzene rings is 1. The quantitative estimate of drug-likeness (QED) is 0.621. The fourth-order valence-electron chi connectivity index (χ4n) is 4.73. The van der Waals surface area contributed by atoms with Crippen molar-refractivity contribution in [2.75, 3.05) is 18.0 Å². The number of halogens is 3. The van der Waals surface area contributed by atoms with Crippen LogP contribution in [0.1, 0.15) is 54.2 Å². The summed E-state index contributed by atoms with van der Waals surface area (Å²) in [5, 5.41) is 3.92. The van der Waals surface area contributed by atoms with Gasteiger partial charge in [0.25, 0.3) is 11.8 Å². The van der Waals surface area contributed by atoms with Crippen LogP contribution in [0.5, 0.6) is 0 Å². The van der Waals surface area contributed by atoms with E-state index in [0.29, 0.717) is 51.6 Å². The molecule has 1 aliphatic carbocycles. The van der Waals surface area contributed by atoms with Crippen molar-refractivity contribution >= 4 is 40.7 Å². The second-order valence-electron chi connectivity index (χ2n) is 8.96. The summed E-state index contributed by atoms with van der Waals surface area (Å²) in [6.07, 6.45) is 5.24. The van der Waals surface area contributed by atoms with Gasteiger partial charge in [-0.2, -0.15) is 0 Å². The molecule has 2 aliphatic rings. The maximum absolute atomic E-state index is 15.1. The van der Waals surface area contributed by atoms with E-state index in [4.69, 9.17) is 23.2 Å². The van der Waals surface area contributed by atoms with E-state index in [1.165, 1.54) is 13.1 Å². The lowest BCUT2D eigenvalue weighted by molar-refractivity contribution is -0.128. The van der Waals surface area contributed by atoms with Crippen molar-refractivity contribution < 1.29 is 14.0 Å². The van der Waals surface area contributed by atoms with E-state index in [9.17, 15) is 9.59 Å². The van der Waals surface area contributed by atoms with Gasteiger partial charge >= 0.3 is 0 Å². The van der Waals surface area contributed by atoms with E-state index < -0.39 is 11.6 Å². The Hall–Kier alpha value is -2.18. The largest absolute Gasteiger partial charge is 0.352 e. The lowest BCUT2D eigenvalue weighted by Gasteiger charge is -2.31. The molecule has 1 aromatic carbocycles. The first-order valence-electron chi connectivity index (χ1n) is 10.9. The predicted octanol–water partition coefficient (Wildman–Crippen LogP) is 5.46. The summed E-state index contributed by atoms with van der Waals surface area (Å²) in [5.74, 6) is -0.0382. The second-order valence-corrected chi connectivity index (χ2v) is 9.84. The molecule has 170 valence electrons. The number of alkyl halides is 1. The van der Waals surface area contributed by atoms with Crippen LogP contribution in [-0.4, -0.2) is 29.9 Å². The van der Waals surface area contributed by atoms with Crippen LogP contribution in [0.4, 0.5) is 10.1 Å². The molecule has 2 aromatic rings. The van der Waals surface area contributed by atoms with Gasteiger partial charge in [0.1, 0.15) is 0 Å². The maximum Gasteiger partial charge on any atom is 0.269 e. The number of carbonyl (C=O) groups is 2. The van der Waals surface area contributed by atoms with Crippen LogP contribution in [-0.2, 0) is 10.5 Å². The van der Waals surface area contributed by atoms with Gasteiger partial charge < -0.3 is 10.2 Å². The molecule has 0 spiro atoms. The lowest BCUT2D eigenvalue weighted by atomic mass is 9.81. The molecule has 1 fully saturated rings. The molecule has 4 rings (SSSR count). The van der Waals surface area contributed by atoms with Gasteiger partial charge in [-0.15, -0.1) is 0 Å². The van der Waals surface area contributed by atoms with Crippen molar-refractivity contribution in [1.82, 2.24) is 10.3 Å². The van der Waals surface area contributed by atoms with Crippen LogP contribution in [0.25, 0.3) is 0 Å². The number of aryl methyl sites for hydroxylation is 1. The van der Waals surface area contributed by atoms with Gasteiger partial charge in [0, 0.05) is 29.9 Å². The van der Waals surface area contributed by atoms with Gasteiger partial charge in [0.2, 0.25) is 5.67 Å². The first-order chi connectivity index (χ1) is 15.2. The zero-order valence-corrected chi connectivity index (χ0v) is 19.6. The first-order valence-corrected chi connectivity index (χ1v) is 11.6. The molecule has 2 amide bonds. The third-order valence-corrected chi connectivity index (χ3v) is 7.10. The molecule has 1 atom stereocenters. The number of nitrogens with zero attached hydrogens (tertiary/aromatic N) is 2. The SMILES string of the molecule is Cc1ncc(Cl)cc1C(=O)NCC1CCC(CN2C(=O)C(C)(F)c3ccc(Cl)cc32)CC1. The standard InChI is InChI=1S/C24H26Cl2FN3O2/c1-14-19(9-18(26)12-28-14)22(31)29-11-15-3-5-16(6-4-15)13-30-21-10-17(25)7-8-20(21)24(2,27)23(30)32/h7-10,12,15-16H,3-6,11,13H2,1-2H3,(H,29,31). The Morgan fingerprint density at radius 1 is 1.19 bits per heavy atom. The predicted molar refractivity (Wildman–Crippen MR) is 124 cm³/mol. The maximum atomic E-state index is 15.1. The van der Waals surface area contributed by atoms with Crippen molar-refractivity contribution in [2.24, 2.45) is 11.8 Å². The Balaban J connectivity index is 1.32. The Morgan fingerprint density at radius 3 is 2.59 bits per heavy atom. The Labute approximate surface area is 197 Å². The molecule has 1 saturated carbocycles. The Morgan fingerprint density at radius 2 is 1.88 bits per heavy atom. The van der Waals surface area contributed by atoms with Crippen molar-refractivity contribution in [2.45, 2.75) is 45.2 Å². The molecular formula is C24H26Cl2FN3O2. The summed E-state index contributed by atoms with van der Waals surface area (Å²) in [4.78, 5) is 30.9. The number of anilines is 1. The van der Waals surface area contributed by atoms with Crippen molar-refractivity contribution in [1.29, 1.82) is 0 Å². The third-order valence-electron chi connectivity index (χ3n) is 6.66. The minimum Gasteiger partial charge on any atom is -0.352 e. The summed E-state index contributed by atoms with van der Waals surface area (Å²) in [6, 6.07) is 6.53. The summed E-state index contributed by atoms with van der Waals surface area (Å²) >= 11 is 12.1. The minimum absolute atomic E-state index is 0.169. The number of rotatable bonds is 5. The van der Waals surface area contributed by atoms with Crippen LogP contribution in [0.2, 0.25) is 10.0 Å². The van der Waals surface area contributed by atoms with E-state index in [1.807, 2.05) is 0 Å². The minimum atomic E-state index is -2.02. The van der Waals surface area contributed by atoms with Gasteiger partial charge in [-0.25, -0.2) is 4.39 Å². The van der Waals surface area contributed by atoms with Crippen molar-refractivity contribution in [3.05, 3.63) is 57.3 Å². The van der Waals surface area contributed by atoms with Crippen LogP contribution in [0, 0.1) is 18.8 Å². The second kappa shape index (κ2) is 8.99. The van der Waals surface area contributed by atoms with Crippen molar-refractivity contribution in [3.8, 4) is 0 Å². The van der Waals surface area contributed by atoms with Crippen LogP contribution < -0.4 is 10.2 Å². The van der Waals surface area contributed by atoms with Crippen LogP contribution >= 0.6 is 23.2 Å². The fraction of sp³-hybridized carbons (Fsp3) is 0.458. The summed E-state index contributed by atoms with van der Waals surface area (Å²) in [5.41, 5.74) is 0.0762. The lowest BCUT2D eigenvalue weighted by Crippen LogP contribution is -2.39. The van der Waals surface area contributed by atoms with E-state index in [-0.39, 0.29) is 11.8 Å². The smallest absolute Gasteiger partial charge is 0.269 e. The van der Waals surface area contributed by atoms with Crippen molar-refractivity contribution in [3.63, 3.8) is 0 Å². The summed E-state index contributed by atoms with van der Waals surface area (Å²) in [6.45, 7) is 4.17. The van der Waals surface area contributed by atoms with Crippen LogP contribution in [0.15, 0.2) is 30.5 Å². The molecule has 1 aliphatic heterocycles. The highest BCUT2D eigenvalue weighted by molar-refractivity contribution is 6.31. The monoisotopic (exact) mass is 477 g/mol. The molecule has 0 bridgehead atoms. The number of nitrogens with one attached hydrogen (secondary N) is 1. The topological polar surface area (TPSA) is 62.3 Å². The molecule has 5 nitrogen and oxygen atoms in total. The highest BCUT2D eigenvalue weighted by atomic mass is 35.5. The van der Waals surface area contributed by atoms with E-state index in [1.54, 1.807) is 36.1 Å². The molecule has 0 radical (unpaired) electrons. The zero-order chi connectivity index (χ0) is 23.0. The zero-order valence-electron chi connectivity index (χ0n) is 18.1. The number of hydrogen-bond donors (Lipinski definition) is 1. The molecule has 1 N–H and O–H groups in total. The number of hydrogen-bond acceptors (Lipinski definition) is 3. The third kappa shape index (κ3) is 4.48. The molecule has 8 heteroatoms. The number of carbonyl (C=O) groups excluding carboxylic acids is 2. The Kier molecular flexibility index (Phi) is 6.46. The highest BCUT2D eigenvalue weighted by Crippen LogP contribution is 2.45. The molecule has 1 aromatic heterocycles. The van der Waals surface area contributed by atoms with Gasteiger partial charge in [0.05, 0.1) is 22.0 Å². The fourth-order valence-corrected chi connectivity index (χ4v) is 5.05. The summed E-state index contributed by atoms with van der Waals surface area (Å²) in [7, 11) is 0. The normalized spacial score (nSPS) is 25.0. The average molecular weight is 478 g/mol. The van der Waals surface area contributed by atoms with Crippen LogP contribution in [0.3, 0.4) is 0 Å². The molecule has 0 saturated heterocycles. The summed E-state index contributed by atoms with van der Waals surface area (Å²) < 4.78 is 15.1. The van der Waals surface area contributed by atoms with E-state index in [0.717, 1.165) is 25.7 Å². The van der Waals surface area contributed by atoms with Gasteiger partial charge in [-0.1, -0.05) is 29.3 Å². The van der Waals surface area contributed by atoms with Gasteiger partial charge in [0.15, 0.2) is 0 Å². The van der Waals surface area contributed by atoms with Gasteiger partial charge in [-0.05, 0) is 69.6 Å². The Bertz CT molecular complexity index is 1050. The van der Waals surface area contributed by atoms with Gasteiger partial charge in [-0.3, -0.25) is 14.6 Å².